The Morgan fingerprint density at radius 3 is 1.65 bits per heavy atom. The van der Waals surface area contributed by atoms with Crippen LogP contribution in [0.2, 0.25) is 0 Å². The van der Waals surface area contributed by atoms with Crippen molar-refractivity contribution in [3.63, 3.8) is 0 Å². The van der Waals surface area contributed by atoms with Gasteiger partial charge in [-0.25, -0.2) is 0 Å². The summed E-state index contributed by atoms with van der Waals surface area (Å²) in [6, 6.07) is 21.5. The highest BCUT2D eigenvalue weighted by molar-refractivity contribution is 7.34. The van der Waals surface area contributed by atoms with Crippen molar-refractivity contribution in [1.82, 2.24) is 0 Å². The minimum Gasteiger partial charge on any atom is -0.508 e. The fourth-order valence-electron chi connectivity index (χ4n) is 2.70. The lowest BCUT2D eigenvalue weighted by Gasteiger charge is -2.20. The third kappa shape index (κ3) is 3.25. The first-order valence-corrected chi connectivity index (χ1v) is 8.00. The van der Waals surface area contributed by atoms with E-state index in [0.29, 0.717) is 0 Å². The Labute approximate surface area is 136 Å². The Bertz CT molecular complexity index is 765. The summed E-state index contributed by atoms with van der Waals surface area (Å²) in [5.74, 6) is 0.274. The van der Waals surface area contributed by atoms with Crippen LogP contribution in [0.25, 0.3) is 0 Å². The second-order valence-electron chi connectivity index (χ2n) is 5.27. The first-order valence-electron chi connectivity index (χ1n) is 7.19. The molecule has 0 amide bonds. The fourth-order valence-corrected chi connectivity index (χ4v) is 3.16. The van der Waals surface area contributed by atoms with Crippen molar-refractivity contribution in [3.05, 3.63) is 89.5 Å². The zero-order valence-electron chi connectivity index (χ0n) is 12.3. The molecule has 114 valence electrons. The van der Waals surface area contributed by atoms with Gasteiger partial charge < -0.3 is 10.2 Å². The molecule has 0 spiro atoms. The molecule has 2 N–H and O–H groups in total. The summed E-state index contributed by atoms with van der Waals surface area (Å²) in [4.78, 5) is 0. The Morgan fingerprint density at radius 2 is 1.17 bits per heavy atom. The normalized spacial score (nSPS) is 11.0. The molecule has 3 nitrogen and oxygen atoms in total. The van der Waals surface area contributed by atoms with Crippen LogP contribution in [0.3, 0.4) is 0 Å². The van der Waals surface area contributed by atoms with Crippen molar-refractivity contribution in [3.8, 4) is 11.5 Å². The lowest BCUT2D eigenvalue weighted by atomic mass is 9.85. The van der Waals surface area contributed by atoms with E-state index >= 15 is 0 Å². The molecule has 23 heavy (non-hydrogen) atoms. The lowest BCUT2D eigenvalue weighted by molar-refractivity contribution is 0.475. The van der Waals surface area contributed by atoms with E-state index in [9.17, 15) is 14.8 Å². The van der Waals surface area contributed by atoms with Crippen LogP contribution < -0.4 is 5.30 Å². The SMILES string of the molecule is O=Pc1ccccc1C(c1ccc(O)cc1)c1ccc(O)cc1. The van der Waals surface area contributed by atoms with E-state index in [-0.39, 0.29) is 25.9 Å². The second kappa shape index (κ2) is 6.64. The van der Waals surface area contributed by atoms with Crippen LogP contribution in [0.4, 0.5) is 0 Å². The Morgan fingerprint density at radius 1 is 0.696 bits per heavy atom. The highest BCUT2D eigenvalue weighted by Crippen LogP contribution is 2.33. The van der Waals surface area contributed by atoms with E-state index < -0.39 is 0 Å². The van der Waals surface area contributed by atoms with Gasteiger partial charge in [0, 0.05) is 11.2 Å². The minimum atomic E-state index is -0.131. The van der Waals surface area contributed by atoms with E-state index in [1.165, 1.54) is 0 Å². The van der Waals surface area contributed by atoms with Gasteiger partial charge in [-0.3, -0.25) is 4.57 Å². The number of hydrogen-bond donors (Lipinski definition) is 2. The monoisotopic (exact) mass is 322 g/mol. The topological polar surface area (TPSA) is 57.5 Å². The Balaban J connectivity index is 2.19. The zero-order valence-corrected chi connectivity index (χ0v) is 13.1. The van der Waals surface area contributed by atoms with Crippen LogP contribution in [0.5, 0.6) is 11.5 Å². The van der Waals surface area contributed by atoms with Crippen molar-refractivity contribution in [1.29, 1.82) is 0 Å². The molecular formula is C19H15O3P. The first-order chi connectivity index (χ1) is 11.2. The van der Waals surface area contributed by atoms with E-state index in [1.807, 2.05) is 48.5 Å². The first kappa shape index (κ1) is 15.3. The van der Waals surface area contributed by atoms with Crippen LogP contribution in [-0.2, 0) is 4.57 Å². The molecule has 0 radical (unpaired) electrons. The molecule has 3 aromatic carbocycles. The predicted octanol–water partition coefficient (Wildman–Crippen LogP) is 4.20. The van der Waals surface area contributed by atoms with Gasteiger partial charge in [0.15, 0.2) is 8.46 Å². The van der Waals surface area contributed by atoms with E-state index in [1.54, 1.807) is 24.3 Å². The molecule has 0 aliphatic rings. The van der Waals surface area contributed by atoms with Crippen molar-refractivity contribution >= 4 is 13.8 Å². The number of phenolic OH excluding ortho intramolecular Hbond substituents is 2. The third-order valence-corrected chi connectivity index (χ3v) is 4.40. The molecule has 0 aliphatic carbocycles. The maximum absolute atomic E-state index is 11.5. The summed E-state index contributed by atoms with van der Waals surface area (Å²) in [6.45, 7) is 0. The van der Waals surface area contributed by atoms with Gasteiger partial charge >= 0.3 is 0 Å². The van der Waals surface area contributed by atoms with Gasteiger partial charge in [-0.2, -0.15) is 0 Å². The van der Waals surface area contributed by atoms with Crippen molar-refractivity contribution in [2.75, 3.05) is 0 Å². The third-order valence-electron chi connectivity index (χ3n) is 3.80. The molecule has 3 rings (SSSR count). The van der Waals surface area contributed by atoms with Crippen LogP contribution in [-0.4, -0.2) is 10.2 Å². The van der Waals surface area contributed by atoms with Crippen molar-refractivity contribution in [2.45, 2.75) is 5.92 Å². The van der Waals surface area contributed by atoms with Crippen LogP contribution >= 0.6 is 8.46 Å². The number of phenols is 2. The quantitative estimate of drug-likeness (QED) is 0.559. The molecular weight excluding hydrogens is 307 g/mol. The molecule has 0 atom stereocenters. The van der Waals surface area contributed by atoms with Gasteiger partial charge in [-0.15, -0.1) is 0 Å². The van der Waals surface area contributed by atoms with Gasteiger partial charge in [0.25, 0.3) is 0 Å². The maximum Gasteiger partial charge on any atom is 0.192 e. The minimum absolute atomic E-state index is 0.0357. The number of aromatic hydroxyl groups is 2. The van der Waals surface area contributed by atoms with Crippen LogP contribution in [0, 0.1) is 0 Å². The Hall–Kier alpha value is -2.64. The average molecular weight is 322 g/mol. The summed E-state index contributed by atoms with van der Waals surface area (Å²) in [6.07, 6.45) is 0. The highest BCUT2D eigenvalue weighted by Gasteiger charge is 2.20. The molecule has 0 bridgehead atoms. The number of benzene rings is 3. The molecule has 4 heteroatoms. The molecule has 3 aromatic rings. The maximum atomic E-state index is 11.5. The van der Waals surface area contributed by atoms with Gasteiger partial charge in [-0.1, -0.05) is 42.5 Å². The molecule has 0 saturated carbocycles. The molecule has 0 saturated heterocycles. The van der Waals surface area contributed by atoms with E-state index in [4.69, 9.17) is 0 Å². The van der Waals surface area contributed by atoms with Crippen LogP contribution in [0.1, 0.15) is 22.6 Å². The summed E-state index contributed by atoms with van der Waals surface area (Å²) in [7, 11) is -0.0357. The number of hydrogen-bond acceptors (Lipinski definition) is 3. The largest absolute Gasteiger partial charge is 0.508 e. The molecule has 0 heterocycles. The number of rotatable bonds is 4. The van der Waals surface area contributed by atoms with E-state index in [2.05, 4.69) is 0 Å². The van der Waals surface area contributed by atoms with Gasteiger partial charge in [0.2, 0.25) is 0 Å². The van der Waals surface area contributed by atoms with Gasteiger partial charge in [0.05, 0.1) is 0 Å². The van der Waals surface area contributed by atoms with Gasteiger partial charge in [-0.05, 0) is 47.0 Å². The second-order valence-corrected chi connectivity index (χ2v) is 5.93. The smallest absolute Gasteiger partial charge is 0.192 e. The summed E-state index contributed by atoms with van der Waals surface area (Å²) in [5.41, 5.74) is 2.88. The molecule has 0 unspecified atom stereocenters. The lowest BCUT2D eigenvalue weighted by Crippen LogP contribution is -2.11. The van der Waals surface area contributed by atoms with Crippen LogP contribution in [0.15, 0.2) is 72.8 Å². The fraction of sp³-hybridized carbons (Fsp3) is 0.0526. The summed E-state index contributed by atoms with van der Waals surface area (Å²) >= 11 is 0. The van der Waals surface area contributed by atoms with E-state index in [0.717, 1.165) is 22.0 Å². The van der Waals surface area contributed by atoms with Gasteiger partial charge in [0.1, 0.15) is 11.5 Å². The van der Waals surface area contributed by atoms with Crippen molar-refractivity contribution < 1.29 is 14.8 Å². The standard InChI is InChI=1S/C19H15O3P/c20-15-9-5-13(6-10-15)19(14-7-11-16(21)12-8-14)17-3-1-2-4-18(17)23-22/h1-12,19-21H. The van der Waals surface area contributed by atoms with Crippen molar-refractivity contribution in [2.24, 2.45) is 0 Å². The highest BCUT2D eigenvalue weighted by atomic mass is 31.1. The average Bonchev–Trinajstić information content (AvgIpc) is 2.59. The summed E-state index contributed by atoms with van der Waals surface area (Å²) < 4.78 is 11.5. The predicted molar refractivity (Wildman–Crippen MR) is 90.8 cm³/mol. The molecule has 0 aliphatic heterocycles. The summed E-state index contributed by atoms with van der Waals surface area (Å²) in [5, 5.41) is 19.8. The molecule has 0 fully saturated rings. The zero-order chi connectivity index (χ0) is 16.2. The Kier molecular flexibility index (Phi) is 4.40. The molecule has 0 aromatic heterocycles.